The van der Waals surface area contributed by atoms with Crippen LogP contribution in [0.1, 0.15) is 0 Å². The Balaban J connectivity index is 0.000000845. The number of hydrogen-bond acceptors (Lipinski definition) is 1. The van der Waals surface area contributed by atoms with E-state index < -0.39 is 0 Å². The monoisotopic (exact) mass is 198 g/mol. The van der Waals surface area contributed by atoms with Gasteiger partial charge in [0.25, 0.3) is 0 Å². The van der Waals surface area contributed by atoms with E-state index in [4.69, 9.17) is 0 Å². The van der Waals surface area contributed by atoms with E-state index in [0.717, 1.165) is 6.67 Å². The van der Waals surface area contributed by atoms with Crippen LogP contribution >= 0.6 is 0 Å². The molecule has 0 aliphatic heterocycles. The minimum Gasteiger partial charge on any atom is -1.00 e. The van der Waals surface area contributed by atoms with Gasteiger partial charge in [-0.3, -0.25) is 0 Å². The second-order valence-electron chi connectivity index (χ2n) is 2.78. The summed E-state index contributed by atoms with van der Waals surface area (Å²) in [6.07, 6.45) is 9.76. The first-order valence-electron chi connectivity index (χ1n) is 3.83. The lowest BCUT2D eigenvalue weighted by molar-refractivity contribution is -0.671. The van der Waals surface area contributed by atoms with Crippen molar-refractivity contribution < 1.29 is 17.0 Å². The van der Waals surface area contributed by atoms with Gasteiger partial charge in [-0.1, -0.05) is 0 Å². The first-order chi connectivity index (χ1) is 5.84. The Morgan fingerprint density at radius 3 is 2.77 bits per heavy atom. The molecule has 13 heavy (non-hydrogen) atoms. The molecule has 5 heteroatoms. The summed E-state index contributed by atoms with van der Waals surface area (Å²) < 4.78 is 5.94. The molecule has 0 saturated carbocycles. The van der Waals surface area contributed by atoms with Crippen molar-refractivity contribution in [2.75, 3.05) is 0 Å². The molecule has 0 fully saturated rings. The van der Waals surface area contributed by atoms with Gasteiger partial charge in [0.2, 0.25) is 6.33 Å². The number of nitrogens with zero attached hydrogens (tertiary/aromatic N) is 4. The normalized spacial score (nSPS) is 9.62. The molecule has 0 radical (unpaired) electrons. The Bertz CT molecular complexity index is 352. The molecule has 70 valence electrons. The highest BCUT2D eigenvalue weighted by atomic mass is 35.5. The van der Waals surface area contributed by atoms with Gasteiger partial charge >= 0.3 is 0 Å². The van der Waals surface area contributed by atoms with Crippen molar-refractivity contribution in [3.63, 3.8) is 0 Å². The summed E-state index contributed by atoms with van der Waals surface area (Å²) in [5.41, 5.74) is 0. The van der Waals surface area contributed by atoms with Crippen LogP contribution in [0.5, 0.6) is 0 Å². The summed E-state index contributed by atoms with van der Waals surface area (Å²) in [7, 11) is 2.00. The largest absolute Gasteiger partial charge is 1.00 e. The molecule has 0 aliphatic carbocycles. The number of imidazole rings is 1. The minimum atomic E-state index is 0. The molecule has 0 spiro atoms. The number of aromatic nitrogens is 4. The number of rotatable bonds is 2. The maximum atomic E-state index is 4.11. The SMILES string of the molecule is C[n+]1ccn(Cn2cccn2)c1.[Cl-]. The maximum absolute atomic E-state index is 4.11. The highest BCUT2D eigenvalue weighted by Gasteiger charge is 1.99. The quantitative estimate of drug-likeness (QED) is 0.473. The van der Waals surface area contributed by atoms with Crippen molar-refractivity contribution in [1.29, 1.82) is 0 Å². The van der Waals surface area contributed by atoms with E-state index in [1.807, 2.05) is 47.3 Å². The first-order valence-corrected chi connectivity index (χ1v) is 3.83. The van der Waals surface area contributed by atoms with Gasteiger partial charge in [0.15, 0.2) is 6.67 Å². The van der Waals surface area contributed by atoms with Crippen molar-refractivity contribution in [1.82, 2.24) is 14.3 Å². The van der Waals surface area contributed by atoms with Gasteiger partial charge in [-0.15, -0.1) is 0 Å². The summed E-state index contributed by atoms with van der Waals surface area (Å²) in [6, 6.07) is 1.92. The fourth-order valence-corrected chi connectivity index (χ4v) is 1.14. The Labute approximate surface area is 82.8 Å². The molecule has 0 unspecified atom stereocenters. The van der Waals surface area contributed by atoms with E-state index >= 15 is 0 Å². The molecule has 2 aromatic heterocycles. The lowest BCUT2D eigenvalue weighted by Gasteiger charge is -1.94. The van der Waals surface area contributed by atoms with Crippen molar-refractivity contribution in [3.8, 4) is 0 Å². The maximum Gasteiger partial charge on any atom is 0.245 e. The van der Waals surface area contributed by atoms with Crippen LogP contribution in [-0.2, 0) is 13.7 Å². The lowest BCUT2D eigenvalue weighted by Crippen LogP contribution is -3.00. The third-order valence-corrected chi connectivity index (χ3v) is 1.69. The molecule has 2 heterocycles. The molecule has 0 aliphatic rings. The van der Waals surface area contributed by atoms with Crippen LogP contribution in [0.15, 0.2) is 37.2 Å². The first kappa shape index (κ1) is 9.80. The molecule has 2 aromatic rings. The Morgan fingerprint density at radius 1 is 1.38 bits per heavy atom. The molecular weight excluding hydrogens is 188 g/mol. The molecule has 0 amide bonds. The van der Waals surface area contributed by atoms with E-state index in [1.165, 1.54) is 0 Å². The smallest absolute Gasteiger partial charge is 0.245 e. The highest BCUT2D eigenvalue weighted by molar-refractivity contribution is 4.78. The van der Waals surface area contributed by atoms with Gasteiger partial charge in [-0.25, -0.2) is 13.8 Å². The topological polar surface area (TPSA) is 26.6 Å². The molecule has 0 bridgehead atoms. The fourth-order valence-electron chi connectivity index (χ4n) is 1.14. The van der Waals surface area contributed by atoms with E-state index in [1.54, 1.807) is 6.20 Å². The van der Waals surface area contributed by atoms with Gasteiger partial charge in [-0.05, 0) is 6.07 Å². The van der Waals surface area contributed by atoms with Gasteiger partial charge < -0.3 is 12.4 Å². The fraction of sp³-hybridized carbons (Fsp3) is 0.250. The molecule has 0 atom stereocenters. The van der Waals surface area contributed by atoms with E-state index in [-0.39, 0.29) is 12.4 Å². The number of hydrogen-bond donors (Lipinski definition) is 0. The Kier molecular flexibility index (Phi) is 3.08. The average molecular weight is 199 g/mol. The van der Waals surface area contributed by atoms with Crippen LogP contribution in [-0.4, -0.2) is 14.3 Å². The molecule has 0 saturated heterocycles. The van der Waals surface area contributed by atoms with E-state index in [9.17, 15) is 0 Å². The van der Waals surface area contributed by atoms with Gasteiger partial charge in [-0.2, -0.15) is 5.10 Å². The minimum absolute atomic E-state index is 0. The Hall–Kier alpha value is -1.29. The number of halogens is 1. The zero-order chi connectivity index (χ0) is 8.39. The number of aryl methyl sites for hydroxylation is 1. The predicted molar refractivity (Wildman–Crippen MR) is 43.2 cm³/mol. The molecular formula is C8H11ClN4. The zero-order valence-electron chi connectivity index (χ0n) is 7.34. The lowest BCUT2D eigenvalue weighted by atomic mass is 10.7. The second-order valence-corrected chi connectivity index (χ2v) is 2.78. The van der Waals surface area contributed by atoms with Crippen LogP contribution in [0.4, 0.5) is 0 Å². The molecule has 0 aromatic carbocycles. The van der Waals surface area contributed by atoms with Crippen molar-refractivity contribution in [2.45, 2.75) is 6.67 Å². The summed E-state index contributed by atoms with van der Waals surface area (Å²) in [6.45, 7) is 0.772. The van der Waals surface area contributed by atoms with Gasteiger partial charge in [0, 0.05) is 12.4 Å². The van der Waals surface area contributed by atoms with Gasteiger partial charge in [0.05, 0.1) is 7.05 Å². The van der Waals surface area contributed by atoms with Crippen LogP contribution in [0.25, 0.3) is 0 Å². The predicted octanol–water partition coefficient (Wildman–Crippen LogP) is -2.98. The molecule has 0 N–H and O–H groups in total. The average Bonchev–Trinajstić information content (AvgIpc) is 2.63. The van der Waals surface area contributed by atoms with Crippen LogP contribution < -0.4 is 17.0 Å². The zero-order valence-corrected chi connectivity index (χ0v) is 8.09. The third kappa shape index (κ3) is 2.32. The summed E-state index contributed by atoms with van der Waals surface area (Å²) in [5, 5.41) is 4.11. The van der Waals surface area contributed by atoms with E-state index in [0.29, 0.717) is 0 Å². The molecule has 4 nitrogen and oxygen atoms in total. The standard InChI is InChI=1S/C8H11N4.ClH/c1-10-5-6-11(7-10)8-12-4-2-3-9-12;/h2-7H,8H2,1H3;1H/q+1;/p-1. The second kappa shape index (κ2) is 4.09. The summed E-state index contributed by atoms with van der Waals surface area (Å²) >= 11 is 0. The van der Waals surface area contributed by atoms with Crippen molar-refractivity contribution >= 4 is 0 Å². The van der Waals surface area contributed by atoms with Crippen molar-refractivity contribution in [2.24, 2.45) is 7.05 Å². The molecule has 2 rings (SSSR count). The third-order valence-electron chi connectivity index (χ3n) is 1.69. The Morgan fingerprint density at radius 2 is 2.23 bits per heavy atom. The van der Waals surface area contributed by atoms with Gasteiger partial charge in [0.1, 0.15) is 12.4 Å². The summed E-state index contributed by atoms with van der Waals surface area (Å²) in [5.74, 6) is 0. The van der Waals surface area contributed by atoms with E-state index in [2.05, 4.69) is 9.67 Å². The highest BCUT2D eigenvalue weighted by Crippen LogP contribution is 1.87. The van der Waals surface area contributed by atoms with Crippen molar-refractivity contribution in [3.05, 3.63) is 37.2 Å². The van der Waals surface area contributed by atoms with Crippen LogP contribution in [0.2, 0.25) is 0 Å². The van der Waals surface area contributed by atoms with Crippen LogP contribution in [0, 0.1) is 0 Å². The summed E-state index contributed by atoms with van der Waals surface area (Å²) in [4.78, 5) is 0. The van der Waals surface area contributed by atoms with Crippen LogP contribution in [0.3, 0.4) is 0 Å².